The van der Waals surface area contributed by atoms with Gasteiger partial charge in [0.05, 0.1) is 35.0 Å². The standard InChI is InChI=1S/C28H28ClN7O12S2/c1-27(2,23(43)44)48-32-17(13-9-49-25(30)31-13)15(38)8-12-20(41)34-10-28(24(45)46,50-22(12)34)35-6-7-36(26(35)47)33(3)21(42)18(39)11-4-5-14(37)19(40)16(11)29/h4-5,9,12,22,37,40H,6-8,10H2,1-3H3,(H2,30,31)(H,43,44)(H,45,46)/b32-17-/t12-,22-,28-/m1/s1. The number of thiazole rings is 1. The molecule has 4 heterocycles. The summed E-state index contributed by atoms with van der Waals surface area (Å²) >= 11 is 7.64. The number of aromatic nitrogens is 1. The van der Waals surface area contributed by atoms with Crippen molar-refractivity contribution in [3.63, 3.8) is 0 Å². The molecule has 0 radical (unpaired) electrons. The Morgan fingerprint density at radius 3 is 2.46 bits per heavy atom. The lowest BCUT2D eigenvalue weighted by Gasteiger charge is -2.40. The number of anilines is 1. The number of benzene rings is 1. The number of likely N-dealkylation sites (N-methyl/N-ethyl adjacent to an activating group) is 1. The Morgan fingerprint density at radius 1 is 1.18 bits per heavy atom. The van der Waals surface area contributed by atoms with Crippen molar-refractivity contribution in [1.82, 2.24) is 24.8 Å². The molecule has 0 saturated carbocycles. The predicted octanol–water partition coefficient (Wildman–Crippen LogP) is 0.639. The molecule has 3 aliphatic heterocycles. The Hall–Kier alpha value is -5.15. The molecule has 3 fully saturated rings. The Labute approximate surface area is 294 Å². The maximum atomic E-state index is 13.6. The number of carboxylic acid groups (broad SMARTS) is 2. The van der Waals surface area contributed by atoms with Crippen LogP contribution in [0.25, 0.3) is 0 Å². The van der Waals surface area contributed by atoms with Crippen LogP contribution in [0.4, 0.5) is 9.93 Å². The number of phenols is 2. The number of hydrogen-bond acceptors (Lipinski definition) is 15. The van der Waals surface area contributed by atoms with E-state index in [9.17, 15) is 54.0 Å². The highest BCUT2D eigenvalue weighted by molar-refractivity contribution is 8.02. The van der Waals surface area contributed by atoms with Gasteiger partial charge in [-0.3, -0.25) is 24.1 Å². The third-order valence-electron chi connectivity index (χ3n) is 8.21. The number of halogens is 1. The monoisotopic (exact) mass is 753 g/mol. The molecule has 22 heteroatoms. The number of phenolic OH excluding ortho intramolecular Hbond substituents is 2. The second-order valence-electron chi connectivity index (χ2n) is 11.7. The lowest BCUT2D eigenvalue weighted by atomic mass is 9.90. The van der Waals surface area contributed by atoms with Crippen LogP contribution in [-0.4, -0.2) is 135 Å². The number of amides is 4. The zero-order valence-corrected chi connectivity index (χ0v) is 28.6. The van der Waals surface area contributed by atoms with E-state index in [1.54, 1.807) is 0 Å². The van der Waals surface area contributed by atoms with Gasteiger partial charge < -0.3 is 35.9 Å². The highest BCUT2D eigenvalue weighted by Gasteiger charge is 2.66. The van der Waals surface area contributed by atoms with Gasteiger partial charge in [-0.2, -0.15) is 0 Å². The molecule has 0 bridgehead atoms. The van der Waals surface area contributed by atoms with Crippen LogP contribution in [0.1, 0.15) is 36.3 Å². The van der Waals surface area contributed by atoms with Gasteiger partial charge in [-0.1, -0.05) is 28.5 Å². The maximum absolute atomic E-state index is 13.6. The van der Waals surface area contributed by atoms with E-state index in [2.05, 4.69) is 10.1 Å². The molecule has 0 spiro atoms. The fourth-order valence-corrected chi connectivity index (χ4v) is 7.81. The number of thioether (sulfide) groups is 1. The molecule has 1 aromatic heterocycles. The first-order chi connectivity index (χ1) is 23.3. The number of carboxylic acids is 2. The Kier molecular flexibility index (Phi) is 9.36. The summed E-state index contributed by atoms with van der Waals surface area (Å²) in [6.07, 6.45) is -0.495. The van der Waals surface area contributed by atoms with E-state index in [0.717, 1.165) is 52.2 Å². The van der Waals surface area contributed by atoms with Gasteiger partial charge in [-0.15, -0.1) is 11.3 Å². The minimum absolute atomic E-state index is 0.0225. The van der Waals surface area contributed by atoms with Gasteiger partial charge in [0.2, 0.25) is 16.4 Å². The van der Waals surface area contributed by atoms with Crippen molar-refractivity contribution in [3.05, 3.63) is 33.8 Å². The molecule has 4 amide bonds. The topological polar surface area (TPSA) is 274 Å². The number of β-lactam (4-membered cyclic amide) rings is 1. The van der Waals surface area contributed by atoms with E-state index in [1.165, 1.54) is 24.1 Å². The number of aromatic hydroxyl groups is 2. The van der Waals surface area contributed by atoms with Crippen molar-refractivity contribution in [2.45, 2.75) is 36.1 Å². The first kappa shape index (κ1) is 36.1. The molecular weight excluding hydrogens is 726 g/mol. The molecule has 2 aromatic rings. The van der Waals surface area contributed by atoms with Crippen molar-refractivity contribution >= 4 is 86.9 Å². The number of aliphatic carboxylic acids is 2. The van der Waals surface area contributed by atoms with Gasteiger partial charge in [-0.25, -0.2) is 29.4 Å². The van der Waals surface area contributed by atoms with Crippen LogP contribution in [0.2, 0.25) is 5.02 Å². The fraction of sp³-hybridized carbons (Fsp3) is 0.393. The number of carbonyl (C=O) groups is 7. The zero-order valence-electron chi connectivity index (χ0n) is 26.2. The van der Waals surface area contributed by atoms with Crippen LogP contribution in [0.5, 0.6) is 11.5 Å². The number of nitrogens with zero attached hydrogens (tertiary/aromatic N) is 6. The smallest absolute Gasteiger partial charge is 0.350 e. The molecule has 6 N–H and O–H groups in total. The van der Waals surface area contributed by atoms with Crippen LogP contribution >= 0.6 is 34.7 Å². The Bertz CT molecular complexity index is 1890. The van der Waals surface area contributed by atoms with E-state index in [0.29, 0.717) is 5.01 Å². The summed E-state index contributed by atoms with van der Waals surface area (Å²) in [5.74, 6) is -9.22. The molecule has 5 rings (SSSR count). The second kappa shape index (κ2) is 12.9. The first-order valence-corrected chi connectivity index (χ1v) is 16.5. The number of hydrazine groups is 1. The quantitative estimate of drug-likeness (QED) is 0.0497. The molecule has 50 heavy (non-hydrogen) atoms. The third-order valence-corrected chi connectivity index (χ3v) is 11.0. The van der Waals surface area contributed by atoms with Crippen molar-refractivity contribution in [2.24, 2.45) is 11.1 Å². The van der Waals surface area contributed by atoms with E-state index in [4.69, 9.17) is 22.2 Å². The highest BCUT2D eigenvalue weighted by Crippen LogP contribution is 2.53. The van der Waals surface area contributed by atoms with E-state index >= 15 is 0 Å². The van der Waals surface area contributed by atoms with Crippen molar-refractivity contribution in [1.29, 1.82) is 0 Å². The molecular formula is C28H28ClN7O12S2. The van der Waals surface area contributed by atoms with Crippen LogP contribution in [0.3, 0.4) is 0 Å². The van der Waals surface area contributed by atoms with Gasteiger partial charge in [0.25, 0.3) is 5.78 Å². The van der Waals surface area contributed by atoms with E-state index < -0.39 is 104 Å². The number of rotatable bonds is 12. The summed E-state index contributed by atoms with van der Waals surface area (Å²) < 4.78 is 0. The Morgan fingerprint density at radius 2 is 1.86 bits per heavy atom. The molecule has 19 nitrogen and oxygen atoms in total. The molecule has 3 atom stereocenters. The Balaban J connectivity index is 1.33. The van der Waals surface area contributed by atoms with Crippen LogP contribution in [-0.2, 0) is 28.8 Å². The molecule has 1 aromatic carbocycles. The minimum Gasteiger partial charge on any atom is -0.504 e. The summed E-state index contributed by atoms with van der Waals surface area (Å²) in [4.78, 5) is 99.9. The number of oxime groups is 1. The number of fused-ring (bicyclic) bond motifs is 1. The fourth-order valence-electron chi connectivity index (χ4n) is 5.32. The minimum atomic E-state index is -2.04. The summed E-state index contributed by atoms with van der Waals surface area (Å²) in [5.41, 5.74) is 2.99. The van der Waals surface area contributed by atoms with Gasteiger partial charge in [0.1, 0.15) is 5.69 Å². The predicted molar refractivity (Wildman–Crippen MR) is 173 cm³/mol. The normalized spacial score (nSPS) is 21.9. The highest BCUT2D eigenvalue weighted by atomic mass is 35.5. The number of nitrogens with two attached hydrogens (primary N) is 1. The van der Waals surface area contributed by atoms with Gasteiger partial charge in [-0.05, 0) is 26.0 Å². The number of carbonyl (C=O) groups excluding carboxylic acids is 5. The van der Waals surface area contributed by atoms with Crippen molar-refractivity contribution < 1.29 is 58.8 Å². The number of Topliss-reactive ketones (excluding diaryl/α,β-unsaturated/α-hetero) is 2. The maximum Gasteiger partial charge on any atom is 0.350 e. The molecule has 266 valence electrons. The SMILES string of the molecule is CN(C(=O)C(=O)c1ccc(O)c(O)c1Cl)N1CCN([C@]2(C(=O)O)CN3C(=O)[C@@H](CC(=O)/C(=N\OC(C)(C)C(=O)O)c4csc(N)n4)[C@H]3S2)C1=O. The summed E-state index contributed by atoms with van der Waals surface area (Å²) in [6, 6.07) is 0.978. The molecule has 3 saturated heterocycles. The number of hydrogen-bond donors (Lipinski definition) is 5. The largest absolute Gasteiger partial charge is 0.504 e. The zero-order chi connectivity index (χ0) is 37.0. The van der Waals surface area contributed by atoms with Gasteiger partial charge in [0, 0.05) is 25.4 Å². The van der Waals surface area contributed by atoms with Crippen molar-refractivity contribution in [2.75, 3.05) is 32.4 Å². The van der Waals surface area contributed by atoms with Gasteiger partial charge in [0.15, 0.2) is 28.1 Å². The van der Waals surface area contributed by atoms with Crippen molar-refractivity contribution in [3.8, 4) is 11.5 Å². The second-order valence-corrected chi connectivity index (χ2v) is 14.4. The average molecular weight is 754 g/mol. The lowest BCUT2D eigenvalue weighted by molar-refractivity contribution is -0.161. The average Bonchev–Trinajstić information content (AvgIpc) is 3.77. The number of urea groups is 1. The summed E-state index contributed by atoms with van der Waals surface area (Å²) in [6.45, 7) is 1.48. The van der Waals surface area contributed by atoms with E-state index in [1.807, 2.05) is 0 Å². The molecule has 0 unspecified atom stereocenters. The molecule has 0 aliphatic carbocycles. The third kappa shape index (κ3) is 6.00. The van der Waals surface area contributed by atoms with Gasteiger partial charge >= 0.3 is 23.9 Å². The molecule has 3 aliphatic rings. The number of nitrogen functional groups attached to an aromatic ring is 1. The lowest BCUT2D eigenvalue weighted by Crippen LogP contribution is -2.60. The summed E-state index contributed by atoms with van der Waals surface area (Å²) in [5, 5.41) is 44.5. The summed E-state index contributed by atoms with van der Waals surface area (Å²) in [7, 11) is 1.10. The number of ketones is 2. The first-order valence-electron chi connectivity index (χ1n) is 14.4. The van der Waals surface area contributed by atoms with Crippen LogP contribution < -0.4 is 5.73 Å². The van der Waals surface area contributed by atoms with Crippen LogP contribution in [0.15, 0.2) is 22.7 Å². The van der Waals surface area contributed by atoms with Crippen LogP contribution in [0, 0.1) is 5.92 Å². The van der Waals surface area contributed by atoms with E-state index in [-0.39, 0.29) is 23.9 Å².